The van der Waals surface area contributed by atoms with Crippen LogP contribution in [-0.4, -0.2) is 28.2 Å². The summed E-state index contributed by atoms with van der Waals surface area (Å²) in [5, 5.41) is 14.0. The van der Waals surface area contributed by atoms with E-state index in [2.05, 4.69) is 70.2 Å². The molecule has 5 nitrogen and oxygen atoms in total. The van der Waals surface area contributed by atoms with Crippen molar-refractivity contribution in [1.82, 2.24) is 15.5 Å². The number of amides is 1. The van der Waals surface area contributed by atoms with Gasteiger partial charge in [0.05, 0.1) is 11.7 Å². The fraction of sp³-hybridized carbons (Fsp3) is 0.267. The number of nitrogens with zero attached hydrogens (tertiary/aromatic N) is 1. The molecule has 35 heavy (non-hydrogen) atoms. The third-order valence-corrected chi connectivity index (χ3v) is 6.79. The SMILES string of the molecule is CCC[C@H](NC1CCc2ccc(-c3ccccc3)cc2C1)C(=O)Nc1cc(-c2ccccc2)[nH]n1. The van der Waals surface area contributed by atoms with Gasteiger partial charge in [-0.05, 0) is 53.5 Å². The van der Waals surface area contributed by atoms with Crippen molar-refractivity contribution in [1.29, 1.82) is 0 Å². The molecule has 0 bridgehead atoms. The average molecular weight is 465 g/mol. The molecule has 1 aliphatic rings. The summed E-state index contributed by atoms with van der Waals surface area (Å²) in [4.78, 5) is 13.2. The Bertz CT molecular complexity index is 1270. The maximum Gasteiger partial charge on any atom is 0.242 e. The minimum Gasteiger partial charge on any atom is -0.308 e. The van der Waals surface area contributed by atoms with Gasteiger partial charge in [-0.25, -0.2) is 0 Å². The third kappa shape index (κ3) is 5.52. The van der Waals surface area contributed by atoms with E-state index in [-0.39, 0.29) is 18.0 Å². The number of nitrogens with one attached hydrogen (secondary N) is 3. The lowest BCUT2D eigenvalue weighted by atomic mass is 9.86. The minimum absolute atomic E-state index is 0.0261. The van der Waals surface area contributed by atoms with E-state index in [4.69, 9.17) is 0 Å². The molecule has 178 valence electrons. The van der Waals surface area contributed by atoms with Gasteiger partial charge >= 0.3 is 0 Å². The van der Waals surface area contributed by atoms with Gasteiger partial charge in [0.2, 0.25) is 5.91 Å². The highest BCUT2D eigenvalue weighted by molar-refractivity contribution is 5.94. The van der Waals surface area contributed by atoms with Crippen molar-refractivity contribution < 1.29 is 4.79 Å². The molecule has 1 aliphatic carbocycles. The summed E-state index contributed by atoms with van der Waals surface area (Å²) >= 11 is 0. The first-order chi connectivity index (χ1) is 17.2. The molecule has 3 aromatic carbocycles. The molecular formula is C30H32N4O. The molecule has 5 rings (SSSR count). The number of aromatic nitrogens is 2. The average Bonchev–Trinajstić information content (AvgIpc) is 3.37. The Labute approximate surface area is 207 Å². The van der Waals surface area contributed by atoms with Crippen molar-refractivity contribution in [3.63, 3.8) is 0 Å². The minimum atomic E-state index is -0.249. The van der Waals surface area contributed by atoms with Crippen LogP contribution in [0.5, 0.6) is 0 Å². The van der Waals surface area contributed by atoms with Crippen LogP contribution in [-0.2, 0) is 17.6 Å². The molecule has 0 aliphatic heterocycles. The lowest BCUT2D eigenvalue weighted by Gasteiger charge is -2.29. The van der Waals surface area contributed by atoms with Crippen molar-refractivity contribution in [2.45, 2.75) is 51.1 Å². The maximum atomic E-state index is 13.2. The van der Waals surface area contributed by atoms with E-state index >= 15 is 0 Å². The summed E-state index contributed by atoms with van der Waals surface area (Å²) in [6.07, 6.45) is 4.72. The standard InChI is InChI=1S/C30H32N4O/c1-2-9-27(30(35)32-29-20-28(33-34-29)23-12-7-4-8-13-23)31-26-17-16-22-14-15-24(18-25(22)19-26)21-10-5-3-6-11-21/h3-8,10-15,18,20,26-27,31H,2,9,16-17,19H2,1H3,(H2,32,33,34,35)/t26?,27-/m0/s1. The predicted molar refractivity (Wildman–Crippen MR) is 142 cm³/mol. The molecule has 3 N–H and O–H groups in total. The van der Waals surface area contributed by atoms with E-state index < -0.39 is 0 Å². The number of H-pyrrole nitrogens is 1. The quantitative estimate of drug-likeness (QED) is 0.300. The zero-order chi connectivity index (χ0) is 24.0. The molecule has 1 amide bonds. The van der Waals surface area contributed by atoms with Crippen molar-refractivity contribution in [2.24, 2.45) is 0 Å². The summed E-state index contributed by atoms with van der Waals surface area (Å²) in [6, 6.07) is 29.2. The number of hydrogen-bond acceptors (Lipinski definition) is 3. The molecule has 0 radical (unpaired) electrons. The second-order valence-electron chi connectivity index (χ2n) is 9.32. The Balaban J connectivity index is 1.25. The first-order valence-corrected chi connectivity index (χ1v) is 12.5. The number of benzene rings is 3. The number of carbonyl (C=O) groups is 1. The van der Waals surface area contributed by atoms with Crippen molar-refractivity contribution >= 4 is 11.7 Å². The molecule has 0 saturated heterocycles. The second kappa shape index (κ2) is 10.7. The lowest BCUT2D eigenvalue weighted by molar-refractivity contribution is -0.118. The fourth-order valence-electron chi connectivity index (χ4n) is 4.94. The topological polar surface area (TPSA) is 69.8 Å². The largest absolute Gasteiger partial charge is 0.308 e. The molecule has 0 spiro atoms. The summed E-state index contributed by atoms with van der Waals surface area (Å²) < 4.78 is 0. The van der Waals surface area contributed by atoms with Crippen LogP contribution >= 0.6 is 0 Å². The van der Waals surface area contributed by atoms with E-state index in [1.165, 1.54) is 22.3 Å². The molecule has 1 aromatic heterocycles. The third-order valence-electron chi connectivity index (χ3n) is 6.79. The number of rotatable bonds is 8. The lowest BCUT2D eigenvalue weighted by Crippen LogP contribution is -2.47. The fourth-order valence-corrected chi connectivity index (χ4v) is 4.94. The van der Waals surface area contributed by atoms with E-state index in [0.717, 1.165) is 43.4 Å². The first kappa shape index (κ1) is 23.1. The van der Waals surface area contributed by atoms with Crippen LogP contribution in [0.3, 0.4) is 0 Å². The van der Waals surface area contributed by atoms with Gasteiger partial charge in [-0.15, -0.1) is 0 Å². The number of anilines is 1. The predicted octanol–water partition coefficient (Wildman–Crippen LogP) is 6.00. The molecule has 4 aromatic rings. The first-order valence-electron chi connectivity index (χ1n) is 12.5. The van der Waals surface area contributed by atoms with E-state index in [0.29, 0.717) is 5.82 Å². The zero-order valence-electron chi connectivity index (χ0n) is 20.1. The van der Waals surface area contributed by atoms with Gasteiger partial charge in [0.1, 0.15) is 0 Å². The molecule has 1 heterocycles. The van der Waals surface area contributed by atoms with Gasteiger partial charge in [0.25, 0.3) is 0 Å². The van der Waals surface area contributed by atoms with Crippen LogP contribution in [0, 0.1) is 0 Å². The smallest absolute Gasteiger partial charge is 0.242 e. The summed E-state index contributed by atoms with van der Waals surface area (Å²) in [5.41, 5.74) is 7.22. The molecule has 0 saturated carbocycles. The Morgan fingerprint density at radius 2 is 1.69 bits per heavy atom. The van der Waals surface area contributed by atoms with Crippen molar-refractivity contribution in [2.75, 3.05) is 5.32 Å². The van der Waals surface area contributed by atoms with Crippen LogP contribution in [0.2, 0.25) is 0 Å². The van der Waals surface area contributed by atoms with Crippen LogP contribution in [0.1, 0.15) is 37.3 Å². The van der Waals surface area contributed by atoms with Gasteiger partial charge in [-0.2, -0.15) is 5.10 Å². The second-order valence-corrected chi connectivity index (χ2v) is 9.32. The van der Waals surface area contributed by atoms with Crippen LogP contribution in [0.4, 0.5) is 5.82 Å². The Morgan fingerprint density at radius 1 is 0.943 bits per heavy atom. The Hall–Kier alpha value is -3.70. The Kier molecular flexibility index (Phi) is 7.05. The highest BCUT2D eigenvalue weighted by Gasteiger charge is 2.25. The maximum absolute atomic E-state index is 13.2. The van der Waals surface area contributed by atoms with Gasteiger partial charge in [-0.3, -0.25) is 9.89 Å². The summed E-state index contributed by atoms with van der Waals surface area (Å²) in [6.45, 7) is 2.12. The van der Waals surface area contributed by atoms with E-state index in [9.17, 15) is 4.79 Å². The van der Waals surface area contributed by atoms with E-state index in [1.54, 1.807) is 0 Å². The van der Waals surface area contributed by atoms with Crippen LogP contribution in [0.25, 0.3) is 22.4 Å². The highest BCUT2D eigenvalue weighted by Crippen LogP contribution is 2.28. The zero-order valence-corrected chi connectivity index (χ0v) is 20.1. The summed E-state index contributed by atoms with van der Waals surface area (Å²) in [7, 11) is 0. The van der Waals surface area contributed by atoms with Crippen LogP contribution in [0.15, 0.2) is 84.9 Å². The highest BCUT2D eigenvalue weighted by atomic mass is 16.2. The molecule has 0 fully saturated rings. The van der Waals surface area contributed by atoms with Gasteiger partial charge in [0, 0.05) is 12.1 Å². The molecule has 5 heteroatoms. The van der Waals surface area contributed by atoms with Crippen LogP contribution < -0.4 is 10.6 Å². The monoisotopic (exact) mass is 464 g/mol. The Morgan fingerprint density at radius 3 is 2.43 bits per heavy atom. The van der Waals surface area contributed by atoms with Crippen molar-refractivity contribution in [3.05, 3.63) is 96.1 Å². The van der Waals surface area contributed by atoms with Gasteiger partial charge in [-0.1, -0.05) is 92.2 Å². The number of hydrogen-bond donors (Lipinski definition) is 3. The van der Waals surface area contributed by atoms with Crippen molar-refractivity contribution in [3.8, 4) is 22.4 Å². The van der Waals surface area contributed by atoms with Gasteiger partial charge in [0.15, 0.2) is 5.82 Å². The normalized spacial score (nSPS) is 15.9. The molecule has 1 unspecified atom stereocenters. The number of aryl methyl sites for hydroxylation is 1. The molecule has 2 atom stereocenters. The van der Waals surface area contributed by atoms with Gasteiger partial charge < -0.3 is 10.6 Å². The number of aromatic amines is 1. The molecular weight excluding hydrogens is 432 g/mol. The van der Waals surface area contributed by atoms with E-state index in [1.807, 2.05) is 42.5 Å². The summed E-state index contributed by atoms with van der Waals surface area (Å²) in [5.74, 6) is 0.528. The number of fused-ring (bicyclic) bond motifs is 1. The number of carbonyl (C=O) groups excluding carboxylic acids is 1.